The zero-order valence-electron chi connectivity index (χ0n) is 11.6. The molecule has 0 heterocycles. The molecular weight excluding hydrogens is 226 g/mol. The molecule has 0 saturated carbocycles. The first-order valence-corrected chi connectivity index (χ1v) is 6.48. The van der Waals surface area contributed by atoms with E-state index in [0.29, 0.717) is 12.5 Å². The molecule has 1 rings (SSSR count). The van der Waals surface area contributed by atoms with Gasteiger partial charge < -0.3 is 4.74 Å². The van der Waals surface area contributed by atoms with Crippen molar-refractivity contribution in [1.82, 2.24) is 4.90 Å². The van der Waals surface area contributed by atoms with Gasteiger partial charge in [-0.25, -0.2) is 0 Å². The number of ether oxygens (including phenoxy) is 1. The highest BCUT2D eigenvalue weighted by atomic mass is 16.5. The summed E-state index contributed by atoms with van der Waals surface area (Å²) >= 11 is 0. The lowest BCUT2D eigenvalue weighted by molar-refractivity contribution is -0.140. The largest absolute Gasteiger partial charge is 0.469 e. The molecule has 0 aliphatic heterocycles. The van der Waals surface area contributed by atoms with Gasteiger partial charge in [0.25, 0.3) is 0 Å². The summed E-state index contributed by atoms with van der Waals surface area (Å²) in [5.41, 5.74) is 1.31. The molecule has 3 nitrogen and oxygen atoms in total. The molecule has 0 N–H and O–H groups in total. The Hall–Kier alpha value is -1.35. The summed E-state index contributed by atoms with van der Waals surface area (Å²) in [4.78, 5) is 13.5. The minimum atomic E-state index is -0.126. The topological polar surface area (TPSA) is 29.5 Å². The third-order valence-corrected chi connectivity index (χ3v) is 3.01. The van der Waals surface area contributed by atoms with Gasteiger partial charge in [0, 0.05) is 19.0 Å². The van der Waals surface area contributed by atoms with Gasteiger partial charge in [-0.2, -0.15) is 0 Å². The molecule has 0 saturated heterocycles. The molecule has 3 heteroatoms. The van der Waals surface area contributed by atoms with Crippen LogP contribution in [0.4, 0.5) is 0 Å². The molecule has 0 amide bonds. The molecule has 0 aliphatic carbocycles. The Morgan fingerprint density at radius 1 is 1.28 bits per heavy atom. The maximum Gasteiger partial charge on any atom is 0.305 e. The fourth-order valence-electron chi connectivity index (χ4n) is 1.87. The number of carbonyl (C=O) groups is 1. The average molecular weight is 249 g/mol. The van der Waals surface area contributed by atoms with Crippen molar-refractivity contribution < 1.29 is 9.53 Å². The van der Waals surface area contributed by atoms with Crippen molar-refractivity contribution in [3.05, 3.63) is 35.9 Å². The predicted octanol–water partition coefficient (Wildman–Crippen LogP) is 2.85. The van der Waals surface area contributed by atoms with E-state index in [1.54, 1.807) is 0 Å². The van der Waals surface area contributed by atoms with Gasteiger partial charge in [-0.15, -0.1) is 0 Å². The summed E-state index contributed by atoms with van der Waals surface area (Å²) in [6, 6.07) is 10.9. The second-order valence-corrected chi connectivity index (χ2v) is 4.73. The third kappa shape index (κ3) is 5.32. The zero-order valence-corrected chi connectivity index (χ0v) is 11.6. The van der Waals surface area contributed by atoms with Crippen LogP contribution >= 0.6 is 0 Å². The van der Waals surface area contributed by atoms with Gasteiger partial charge in [-0.3, -0.25) is 9.69 Å². The van der Waals surface area contributed by atoms with Gasteiger partial charge in [0.05, 0.1) is 7.11 Å². The SMILES string of the molecule is COC(=O)CCCN(Cc1ccccc1)C(C)C. The van der Waals surface area contributed by atoms with Crippen LogP contribution in [0, 0.1) is 0 Å². The van der Waals surface area contributed by atoms with Crippen molar-refractivity contribution in [2.75, 3.05) is 13.7 Å². The van der Waals surface area contributed by atoms with E-state index in [4.69, 9.17) is 0 Å². The van der Waals surface area contributed by atoms with Crippen molar-refractivity contribution in [2.24, 2.45) is 0 Å². The van der Waals surface area contributed by atoms with Crippen LogP contribution in [0.5, 0.6) is 0 Å². The van der Waals surface area contributed by atoms with Crippen LogP contribution in [0.3, 0.4) is 0 Å². The number of nitrogens with zero attached hydrogens (tertiary/aromatic N) is 1. The fourth-order valence-corrected chi connectivity index (χ4v) is 1.87. The van der Waals surface area contributed by atoms with Crippen molar-refractivity contribution in [3.8, 4) is 0 Å². The minimum Gasteiger partial charge on any atom is -0.469 e. The van der Waals surface area contributed by atoms with Crippen LogP contribution in [-0.2, 0) is 16.1 Å². The molecule has 0 spiro atoms. The quantitative estimate of drug-likeness (QED) is 0.696. The van der Waals surface area contributed by atoms with E-state index in [0.717, 1.165) is 19.5 Å². The Morgan fingerprint density at radius 2 is 1.94 bits per heavy atom. The smallest absolute Gasteiger partial charge is 0.305 e. The second-order valence-electron chi connectivity index (χ2n) is 4.73. The average Bonchev–Trinajstić information content (AvgIpc) is 2.38. The monoisotopic (exact) mass is 249 g/mol. The van der Waals surface area contributed by atoms with Gasteiger partial charge in [-0.05, 0) is 32.4 Å². The Balaban J connectivity index is 2.43. The maximum atomic E-state index is 11.1. The minimum absolute atomic E-state index is 0.126. The Morgan fingerprint density at radius 3 is 2.50 bits per heavy atom. The molecule has 0 bridgehead atoms. The number of methoxy groups -OCH3 is 1. The highest BCUT2D eigenvalue weighted by Gasteiger charge is 2.10. The lowest BCUT2D eigenvalue weighted by Gasteiger charge is -2.26. The van der Waals surface area contributed by atoms with E-state index < -0.39 is 0 Å². The molecule has 0 aliphatic rings. The first-order valence-electron chi connectivity index (χ1n) is 6.48. The first kappa shape index (κ1) is 14.7. The molecule has 18 heavy (non-hydrogen) atoms. The summed E-state index contributed by atoms with van der Waals surface area (Å²) in [6.07, 6.45) is 1.34. The number of rotatable bonds is 7. The van der Waals surface area contributed by atoms with Crippen LogP contribution in [0.25, 0.3) is 0 Å². The summed E-state index contributed by atoms with van der Waals surface area (Å²) in [5, 5.41) is 0. The van der Waals surface area contributed by atoms with E-state index in [9.17, 15) is 4.79 Å². The lowest BCUT2D eigenvalue weighted by Crippen LogP contribution is -2.31. The fraction of sp³-hybridized carbons (Fsp3) is 0.533. The van der Waals surface area contributed by atoms with Crippen LogP contribution in [0.1, 0.15) is 32.3 Å². The Bertz CT molecular complexity index is 349. The van der Waals surface area contributed by atoms with E-state index in [1.807, 2.05) is 6.07 Å². The normalized spacial score (nSPS) is 10.9. The van der Waals surface area contributed by atoms with E-state index in [1.165, 1.54) is 12.7 Å². The number of esters is 1. The van der Waals surface area contributed by atoms with Crippen molar-refractivity contribution >= 4 is 5.97 Å². The lowest BCUT2D eigenvalue weighted by atomic mass is 10.1. The summed E-state index contributed by atoms with van der Waals surface area (Å²) in [7, 11) is 1.44. The molecule has 0 atom stereocenters. The first-order chi connectivity index (χ1) is 8.63. The van der Waals surface area contributed by atoms with E-state index in [2.05, 4.69) is 47.7 Å². The standard InChI is InChI=1S/C15H23NO2/c1-13(2)16(11-7-10-15(17)18-3)12-14-8-5-4-6-9-14/h4-6,8-9,13H,7,10-12H2,1-3H3. The highest BCUT2D eigenvalue weighted by molar-refractivity contribution is 5.69. The van der Waals surface area contributed by atoms with E-state index >= 15 is 0 Å². The van der Waals surface area contributed by atoms with Gasteiger partial charge in [0.2, 0.25) is 0 Å². The van der Waals surface area contributed by atoms with Crippen LogP contribution in [0.2, 0.25) is 0 Å². The number of carbonyl (C=O) groups excluding carboxylic acids is 1. The Labute approximate surface area is 110 Å². The second kappa shape index (κ2) is 7.88. The summed E-state index contributed by atoms with van der Waals surface area (Å²) in [6.45, 7) is 6.21. The van der Waals surface area contributed by atoms with Crippen molar-refractivity contribution in [1.29, 1.82) is 0 Å². The molecule has 0 radical (unpaired) electrons. The number of hydrogen-bond acceptors (Lipinski definition) is 3. The maximum absolute atomic E-state index is 11.1. The predicted molar refractivity (Wildman–Crippen MR) is 73.2 cm³/mol. The molecular formula is C15H23NO2. The molecule has 1 aromatic rings. The summed E-state index contributed by atoms with van der Waals surface area (Å²) < 4.78 is 4.65. The van der Waals surface area contributed by atoms with Gasteiger partial charge >= 0.3 is 5.97 Å². The van der Waals surface area contributed by atoms with E-state index in [-0.39, 0.29) is 5.97 Å². The van der Waals surface area contributed by atoms with Crippen LogP contribution in [0.15, 0.2) is 30.3 Å². The van der Waals surface area contributed by atoms with Crippen LogP contribution < -0.4 is 0 Å². The van der Waals surface area contributed by atoms with Gasteiger partial charge in [0.15, 0.2) is 0 Å². The van der Waals surface area contributed by atoms with Crippen LogP contribution in [-0.4, -0.2) is 30.6 Å². The number of hydrogen-bond donors (Lipinski definition) is 0. The molecule has 0 aromatic heterocycles. The molecule has 0 unspecified atom stereocenters. The van der Waals surface area contributed by atoms with Crippen molar-refractivity contribution in [2.45, 2.75) is 39.3 Å². The molecule has 100 valence electrons. The van der Waals surface area contributed by atoms with Crippen molar-refractivity contribution in [3.63, 3.8) is 0 Å². The van der Waals surface area contributed by atoms with Gasteiger partial charge in [0.1, 0.15) is 0 Å². The van der Waals surface area contributed by atoms with Gasteiger partial charge in [-0.1, -0.05) is 30.3 Å². The molecule has 1 aromatic carbocycles. The molecule has 0 fully saturated rings. The Kier molecular flexibility index (Phi) is 6.44. The summed E-state index contributed by atoms with van der Waals surface area (Å²) in [5.74, 6) is -0.126. The zero-order chi connectivity index (χ0) is 13.4. The highest BCUT2D eigenvalue weighted by Crippen LogP contribution is 2.09. The third-order valence-electron chi connectivity index (χ3n) is 3.01. The number of benzene rings is 1.